The van der Waals surface area contributed by atoms with E-state index in [9.17, 15) is 0 Å². The van der Waals surface area contributed by atoms with E-state index in [1.54, 1.807) is 0 Å². The van der Waals surface area contributed by atoms with Crippen LogP contribution >= 0.6 is 0 Å². The van der Waals surface area contributed by atoms with Crippen molar-refractivity contribution in [1.29, 1.82) is 0 Å². The molecule has 0 bridgehead atoms. The molecular weight excluding hydrogens is 258 g/mol. The van der Waals surface area contributed by atoms with Crippen molar-refractivity contribution in [3.05, 3.63) is 71.8 Å². The maximum absolute atomic E-state index is 5.94. The molecule has 4 rings (SSSR count). The third-order valence-electron chi connectivity index (χ3n) is 4.93. The van der Waals surface area contributed by atoms with E-state index in [1.165, 1.54) is 24.0 Å². The van der Waals surface area contributed by atoms with Crippen molar-refractivity contribution in [3.8, 4) is 0 Å². The second-order valence-electron chi connectivity index (χ2n) is 6.26. The average Bonchev–Trinajstić information content (AvgIpc) is 3.11. The van der Waals surface area contributed by atoms with Crippen molar-refractivity contribution in [3.63, 3.8) is 0 Å². The molecule has 0 radical (unpaired) electrons. The van der Waals surface area contributed by atoms with Gasteiger partial charge in [0.15, 0.2) is 0 Å². The Bertz CT molecular complexity index is 583. The van der Waals surface area contributed by atoms with E-state index in [4.69, 9.17) is 4.84 Å². The summed E-state index contributed by atoms with van der Waals surface area (Å²) in [6.45, 7) is 1.80. The van der Waals surface area contributed by atoms with E-state index >= 15 is 0 Å². The summed E-state index contributed by atoms with van der Waals surface area (Å²) in [5.41, 5.74) is 2.83. The molecule has 2 nitrogen and oxygen atoms in total. The molecule has 0 amide bonds. The van der Waals surface area contributed by atoms with Gasteiger partial charge in [-0.25, -0.2) is 0 Å². The second-order valence-corrected chi connectivity index (χ2v) is 6.26. The Labute approximate surface area is 126 Å². The zero-order valence-electron chi connectivity index (χ0n) is 12.2. The van der Waals surface area contributed by atoms with Gasteiger partial charge in [0.1, 0.15) is 0 Å². The highest BCUT2D eigenvalue weighted by molar-refractivity contribution is 5.22. The summed E-state index contributed by atoms with van der Waals surface area (Å²) in [6.07, 6.45) is 2.49. The standard InChI is InChI=1S/C19H21NO/c1-3-7-15(8-4-1)13-20-19-12-17(11-18(19)14-21-20)16-9-5-2-6-10-16/h1-10,17-19H,11-14H2/t17-,18+,19+/m0/s1. The summed E-state index contributed by atoms with van der Waals surface area (Å²) in [4.78, 5) is 5.94. The molecule has 0 N–H and O–H groups in total. The van der Waals surface area contributed by atoms with Gasteiger partial charge in [0, 0.05) is 18.5 Å². The minimum Gasteiger partial charge on any atom is -0.298 e. The van der Waals surface area contributed by atoms with Crippen LogP contribution in [0.15, 0.2) is 60.7 Å². The van der Waals surface area contributed by atoms with E-state index in [0.29, 0.717) is 17.9 Å². The van der Waals surface area contributed by atoms with E-state index in [1.807, 2.05) is 0 Å². The Morgan fingerprint density at radius 2 is 1.62 bits per heavy atom. The normalized spacial score (nSPS) is 28.7. The van der Waals surface area contributed by atoms with Crippen molar-refractivity contribution in [2.24, 2.45) is 5.92 Å². The summed E-state index contributed by atoms with van der Waals surface area (Å²) in [6, 6.07) is 22.2. The van der Waals surface area contributed by atoms with Gasteiger partial charge < -0.3 is 0 Å². The van der Waals surface area contributed by atoms with Gasteiger partial charge >= 0.3 is 0 Å². The first-order valence-electron chi connectivity index (χ1n) is 7.88. The minimum atomic E-state index is 0.579. The van der Waals surface area contributed by atoms with Crippen LogP contribution in [0.25, 0.3) is 0 Å². The van der Waals surface area contributed by atoms with Crippen LogP contribution in [0.5, 0.6) is 0 Å². The van der Waals surface area contributed by atoms with Gasteiger partial charge in [0.25, 0.3) is 0 Å². The first-order chi connectivity index (χ1) is 10.4. The number of benzene rings is 2. The molecule has 0 spiro atoms. The van der Waals surface area contributed by atoms with E-state index in [0.717, 1.165) is 13.2 Å². The first-order valence-corrected chi connectivity index (χ1v) is 7.88. The largest absolute Gasteiger partial charge is 0.298 e. The van der Waals surface area contributed by atoms with Crippen LogP contribution in [0.4, 0.5) is 0 Å². The molecule has 0 aromatic heterocycles. The topological polar surface area (TPSA) is 12.5 Å². The number of rotatable bonds is 3. The summed E-state index contributed by atoms with van der Waals surface area (Å²) < 4.78 is 0. The summed E-state index contributed by atoms with van der Waals surface area (Å²) in [5.74, 6) is 1.39. The first kappa shape index (κ1) is 13.1. The molecule has 1 aliphatic carbocycles. The number of hydroxylamine groups is 2. The van der Waals surface area contributed by atoms with Gasteiger partial charge in [-0.05, 0) is 29.9 Å². The Morgan fingerprint density at radius 1 is 0.905 bits per heavy atom. The van der Waals surface area contributed by atoms with Crippen LogP contribution in [0.1, 0.15) is 29.9 Å². The van der Waals surface area contributed by atoms with Gasteiger partial charge in [-0.15, -0.1) is 0 Å². The van der Waals surface area contributed by atoms with Gasteiger partial charge in [-0.1, -0.05) is 60.7 Å². The smallest absolute Gasteiger partial charge is 0.0729 e. The molecule has 1 saturated heterocycles. The van der Waals surface area contributed by atoms with Crippen molar-refractivity contribution < 1.29 is 4.84 Å². The zero-order valence-corrected chi connectivity index (χ0v) is 12.2. The van der Waals surface area contributed by atoms with Crippen molar-refractivity contribution in [2.75, 3.05) is 6.61 Å². The van der Waals surface area contributed by atoms with Crippen LogP contribution in [0.2, 0.25) is 0 Å². The lowest BCUT2D eigenvalue weighted by atomic mass is 9.97. The molecule has 2 heteroatoms. The number of hydrogen-bond acceptors (Lipinski definition) is 2. The molecular formula is C19H21NO. The average molecular weight is 279 g/mol. The fourth-order valence-corrected chi connectivity index (χ4v) is 3.85. The lowest BCUT2D eigenvalue weighted by Gasteiger charge is -2.22. The van der Waals surface area contributed by atoms with Gasteiger partial charge in [-0.2, -0.15) is 5.06 Å². The lowest BCUT2D eigenvalue weighted by molar-refractivity contribution is -0.141. The zero-order chi connectivity index (χ0) is 14.1. The fourth-order valence-electron chi connectivity index (χ4n) is 3.85. The maximum Gasteiger partial charge on any atom is 0.0729 e. The Morgan fingerprint density at radius 3 is 2.38 bits per heavy atom. The molecule has 2 aromatic rings. The Kier molecular flexibility index (Phi) is 3.50. The third kappa shape index (κ3) is 2.61. The quantitative estimate of drug-likeness (QED) is 0.842. The highest BCUT2D eigenvalue weighted by Crippen LogP contribution is 2.44. The summed E-state index contributed by atoms with van der Waals surface area (Å²) in [7, 11) is 0. The molecule has 3 atom stereocenters. The van der Waals surface area contributed by atoms with Crippen LogP contribution in [0.3, 0.4) is 0 Å². The highest BCUT2D eigenvalue weighted by atomic mass is 16.7. The predicted octanol–water partition coefficient (Wildman–Crippen LogP) is 4.00. The lowest BCUT2D eigenvalue weighted by Crippen LogP contribution is -2.28. The van der Waals surface area contributed by atoms with Crippen LogP contribution in [-0.2, 0) is 11.4 Å². The van der Waals surface area contributed by atoms with Crippen molar-refractivity contribution >= 4 is 0 Å². The fraction of sp³-hybridized carbons (Fsp3) is 0.368. The van der Waals surface area contributed by atoms with E-state index in [2.05, 4.69) is 65.7 Å². The van der Waals surface area contributed by atoms with Gasteiger partial charge in [-0.3, -0.25) is 4.84 Å². The van der Waals surface area contributed by atoms with Crippen molar-refractivity contribution in [1.82, 2.24) is 5.06 Å². The number of fused-ring (bicyclic) bond motifs is 1. The molecule has 1 aliphatic heterocycles. The molecule has 1 heterocycles. The molecule has 21 heavy (non-hydrogen) atoms. The van der Waals surface area contributed by atoms with Crippen molar-refractivity contribution in [2.45, 2.75) is 31.3 Å². The van der Waals surface area contributed by atoms with Crippen LogP contribution in [-0.4, -0.2) is 17.7 Å². The third-order valence-corrected chi connectivity index (χ3v) is 4.93. The SMILES string of the molecule is c1ccc(CN2OC[C@H]3C[C@H](c4ccccc4)C[C@H]32)cc1. The Hall–Kier alpha value is -1.64. The molecule has 2 fully saturated rings. The summed E-state index contributed by atoms with van der Waals surface area (Å²) in [5, 5.41) is 2.23. The van der Waals surface area contributed by atoms with E-state index < -0.39 is 0 Å². The molecule has 108 valence electrons. The highest BCUT2D eigenvalue weighted by Gasteiger charge is 2.43. The molecule has 1 saturated carbocycles. The predicted molar refractivity (Wildman–Crippen MR) is 83.6 cm³/mol. The van der Waals surface area contributed by atoms with Gasteiger partial charge in [0.05, 0.1) is 6.61 Å². The molecule has 2 aromatic carbocycles. The monoisotopic (exact) mass is 279 g/mol. The van der Waals surface area contributed by atoms with Gasteiger partial charge in [0.2, 0.25) is 0 Å². The minimum absolute atomic E-state index is 0.579. The van der Waals surface area contributed by atoms with E-state index in [-0.39, 0.29) is 0 Å². The second kappa shape index (κ2) is 5.63. The Balaban J connectivity index is 1.46. The van der Waals surface area contributed by atoms with Crippen LogP contribution in [0, 0.1) is 5.92 Å². The molecule has 0 unspecified atom stereocenters. The van der Waals surface area contributed by atoms with Crippen LogP contribution < -0.4 is 0 Å². The molecule has 2 aliphatic rings. The summed E-state index contributed by atoms with van der Waals surface area (Å²) >= 11 is 0. The number of nitrogens with zero attached hydrogens (tertiary/aromatic N) is 1. The maximum atomic E-state index is 5.94. The number of hydrogen-bond donors (Lipinski definition) is 0.